The Bertz CT molecular complexity index is 967. The number of aromatic hydroxyl groups is 2. The van der Waals surface area contributed by atoms with Crippen LogP contribution in [0.4, 0.5) is 0 Å². The predicted octanol–water partition coefficient (Wildman–Crippen LogP) is 15.0. The van der Waals surface area contributed by atoms with E-state index in [9.17, 15) is 10.2 Å². The quantitative estimate of drug-likeness (QED) is 0.0809. The molecule has 0 amide bonds. The molecule has 2 nitrogen and oxygen atoms in total. The molecular weight excluding hydrogens is 597 g/mol. The van der Waals surface area contributed by atoms with Crippen LogP contribution in [0.25, 0.3) is 0 Å². The summed E-state index contributed by atoms with van der Waals surface area (Å²) in [6.45, 7) is 13.9. The van der Waals surface area contributed by atoms with E-state index in [2.05, 4.69) is 65.8 Å². The van der Waals surface area contributed by atoms with E-state index in [0.717, 1.165) is 73.6 Å². The number of benzene rings is 2. The fourth-order valence-electron chi connectivity index (χ4n) is 7.55. The molecule has 0 aliphatic heterocycles. The molecule has 2 aromatic rings. The number of aryl methyl sites for hydroxylation is 4. The minimum atomic E-state index is -0.223. The second-order valence-electron chi connectivity index (χ2n) is 16.0. The summed E-state index contributed by atoms with van der Waals surface area (Å²) >= 11 is 0. The van der Waals surface area contributed by atoms with Crippen molar-refractivity contribution in [1.82, 2.24) is 0 Å². The Balaban J connectivity index is 2.39. The molecule has 0 saturated heterocycles. The summed E-state index contributed by atoms with van der Waals surface area (Å²) in [6, 6.07) is 9.33. The number of unbranched alkanes of at least 4 members (excludes halogenated alkanes) is 20. The van der Waals surface area contributed by atoms with Crippen molar-refractivity contribution in [3.8, 4) is 11.5 Å². The van der Waals surface area contributed by atoms with E-state index < -0.39 is 0 Å². The molecule has 0 atom stereocenters. The van der Waals surface area contributed by atoms with Gasteiger partial charge in [0.2, 0.25) is 0 Å². The molecule has 0 fully saturated rings. The molecule has 2 heteroatoms. The fourth-order valence-corrected chi connectivity index (χ4v) is 7.55. The highest BCUT2D eigenvalue weighted by molar-refractivity contribution is 5.52. The monoisotopic (exact) mass is 677 g/mol. The van der Waals surface area contributed by atoms with Gasteiger partial charge in [-0.1, -0.05) is 194 Å². The average molecular weight is 677 g/mol. The van der Waals surface area contributed by atoms with Crippen molar-refractivity contribution >= 4 is 0 Å². The molecule has 49 heavy (non-hydrogen) atoms. The van der Waals surface area contributed by atoms with E-state index in [1.807, 2.05) is 0 Å². The van der Waals surface area contributed by atoms with Crippen molar-refractivity contribution in [1.29, 1.82) is 0 Å². The van der Waals surface area contributed by atoms with Gasteiger partial charge in [-0.3, -0.25) is 0 Å². The first-order chi connectivity index (χ1) is 23.8. The molecule has 0 aliphatic carbocycles. The fraction of sp³-hybridized carbons (Fsp3) is 0.745. The maximum Gasteiger partial charge on any atom is 0.121 e. The largest absolute Gasteiger partial charge is 0.507 e. The van der Waals surface area contributed by atoms with Gasteiger partial charge in [-0.15, -0.1) is 0 Å². The highest BCUT2D eigenvalue weighted by atomic mass is 16.3. The van der Waals surface area contributed by atoms with Crippen LogP contribution in [0.15, 0.2) is 24.3 Å². The summed E-state index contributed by atoms with van der Waals surface area (Å²) in [5, 5.41) is 23.1. The maximum atomic E-state index is 11.6. The van der Waals surface area contributed by atoms with Crippen molar-refractivity contribution < 1.29 is 10.2 Å². The molecule has 2 N–H and O–H groups in total. The van der Waals surface area contributed by atoms with Gasteiger partial charge in [0.25, 0.3) is 0 Å². The van der Waals surface area contributed by atoms with Gasteiger partial charge in [-0.25, -0.2) is 0 Å². The number of rotatable bonds is 30. The third kappa shape index (κ3) is 16.3. The lowest BCUT2D eigenvalue weighted by Gasteiger charge is -2.30. The summed E-state index contributed by atoms with van der Waals surface area (Å²) < 4.78 is 0. The van der Waals surface area contributed by atoms with Gasteiger partial charge in [-0.2, -0.15) is 0 Å². The zero-order chi connectivity index (χ0) is 35.7. The molecule has 0 aromatic heterocycles. The lowest BCUT2D eigenvalue weighted by Crippen LogP contribution is -2.21. The second kappa shape index (κ2) is 25.9. The number of phenolic OH excluding ortho intramolecular Hbond substituents is 2. The zero-order valence-corrected chi connectivity index (χ0v) is 33.5. The number of hydrogen-bond acceptors (Lipinski definition) is 2. The first-order valence-corrected chi connectivity index (χ1v) is 21.5. The van der Waals surface area contributed by atoms with E-state index in [4.69, 9.17) is 0 Å². The van der Waals surface area contributed by atoms with Gasteiger partial charge in [0.1, 0.15) is 11.5 Å². The molecule has 2 aromatic carbocycles. The van der Waals surface area contributed by atoms with Crippen LogP contribution < -0.4 is 0 Å². The summed E-state index contributed by atoms with van der Waals surface area (Å²) in [7, 11) is 0. The normalized spacial score (nSPS) is 11.9. The standard InChI is InChI=1S/C47H80O2/c1-7-11-15-19-23-27-31-39-35-43(36-40(45(39)48)32-28-24-20-16-12-8-2)47(5,6)44-37-41(33-29-25-21-17-13-9-3)46(49)42(38-44)34-30-26-22-18-14-10-4/h35-38,48-49H,7-34H2,1-6H3. The van der Waals surface area contributed by atoms with Gasteiger partial charge in [0, 0.05) is 5.41 Å². The lowest BCUT2D eigenvalue weighted by molar-refractivity contribution is 0.454. The third-order valence-electron chi connectivity index (χ3n) is 11.2. The summed E-state index contributed by atoms with van der Waals surface area (Å²) in [5.41, 5.74) is 6.96. The molecule has 0 aliphatic rings. The van der Waals surface area contributed by atoms with Crippen molar-refractivity contribution in [2.24, 2.45) is 0 Å². The van der Waals surface area contributed by atoms with Crippen molar-refractivity contribution in [3.63, 3.8) is 0 Å². The summed E-state index contributed by atoms with van der Waals surface area (Å²) in [4.78, 5) is 0. The molecular formula is C47H80O2. The zero-order valence-electron chi connectivity index (χ0n) is 33.5. The lowest BCUT2D eigenvalue weighted by atomic mass is 9.75. The van der Waals surface area contributed by atoms with Gasteiger partial charge >= 0.3 is 0 Å². The van der Waals surface area contributed by atoms with Crippen LogP contribution >= 0.6 is 0 Å². The van der Waals surface area contributed by atoms with E-state index in [0.29, 0.717) is 11.5 Å². The summed E-state index contributed by atoms with van der Waals surface area (Å²) in [5.74, 6) is 1.11. The van der Waals surface area contributed by atoms with Crippen LogP contribution in [0.2, 0.25) is 0 Å². The van der Waals surface area contributed by atoms with Crippen LogP contribution in [0.5, 0.6) is 11.5 Å². The van der Waals surface area contributed by atoms with Crippen LogP contribution in [0.3, 0.4) is 0 Å². The highest BCUT2D eigenvalue weighted by Gasteiger charge is 2.27. The van der Waals surface area contributed by atoms with Crippen LogP contribution in [-0.2, 0) is 31.1 Å². The minimum Gasteiger partial charge on any atom is -0.507 e. The number of hydrogen-bond donors (Lipinski definition) is 2. The van der Waals surface area contributed by atoms with Crippen molar-refractivity contribution in [2.45, 2.75) is 227 Å². The number of phenols is 2. The van der Waals surface area contributed by atoms with E-state index >= 15 is 0 Å². The van der Waals surface area contributed by atoms with Crippen molar-refractivity contribution in [3.05, 3.63) is 57.6 Å². The minimum absolute atomic E-state index is 0.223. The second-order valence-corrected chi connectivity index (χ2v) is 16.0. The Hall–Kier alpha value is -1.96. The van der Waals surface area contributed by atoms with Gasteiger partial charge in [0.15, 0.2) is 0 Å². The highest BCUT2D eigenvalue weighted by Crippen LogP contribution is 2.40. The molecule has 2 rings (SSSR count). The smallest absolute Gasteiger partial charge is 0.121 e. The first kappa shape index (κ1) is 43.2. The molecule has 0 radical (unpaired) electrons. The SMILES string of the molecule is CCCCCCCCc1cc(C(C)(C)c2cc(CCCCCCCC)c(O)c(CCCCCCCC)c2)cc(CCCCCCCC)c1O. The van der Waals surface area contributed by atoms with Gasteiger partial charge < -0.3 is 10.2 Å². The molecule has 0 bridgehead atoms. The maximum absolute atomic E-state index is 11.6. The first-order valence-electron chi connectivity index (χ1n) is 21.5. The molecule has 0 saturated carbocycles. The summed E-state index contributed by atoms with van der Waals surface area (Å²) in [6.07, 6.45) is 34.2. The Morgan fingerprint density at radius 3 is 0.776 bits per heavy atom. The van der Waals surface area contributed by atoms with Crippen LogP contribution in [0, 0.1) is 0 Å². The predicted molar refractivity (Wildman–Crippen MR) is 217 cm³/mol. The Kier molecular flexibility index (Phi) is 22.8. The van der Waals surface area contributed by atoms with E-state index in [1.54, 1.807) is 0 Å². The molecule has 0 spiro atoms. The third-order valence-corrected chi connectivity index (χ3v) is 11.2. The molecule has 0 heterocycles. The van der Waals surface area contributed by atoms with E-state index in [-0.39, 0.29) is 5.41 Å². The topological polar surface area (TPSA) is 40.5 Å². The van der Waals surface area contributed by atoms with Gasteiger partial charge in [-0.05, 0) is 84.7 Å². The average Bonchev–Trinajstić information content (AvgIpc) is 3.09. The van der Waals surface area contributed by atoms with Crippen LogP contribution in [-0.4, -0.2) is 10.2 Å². The van der Waals surface area contributed by atoms with Crippen molar-refractivity contribution in [2.75, 3.05) is 0 Å². The molecule has 0 unspecified atom stereocenters. The molecule has 280 valence electrons. The van der Waals surface area contributed by atoms with E-state index in [1.165, 1.54) is 140 Å². The van der Waals surface area contributed by atoms with Gasteiger partial charge in [0.05, 0.1) is 0 Å². The van der Waals surface area contributed by atoms with Crippen LogP contribution in [0.1, 0.15) is 229 Å². The Morgan fingerprint density at radius 1 is 0.347 bits per heavy atom. The Labute approximate surface area is 305 Å². The Morgan fingerprint density at radius 2 is 0.551 bits per heavy atom.